The Hall–Kier alpha value is -2.37. The van der Waals surface area contributed by atoms with Crippen LogP contribution in [-0.4, -0.2) is 42.4 Å². The average molecular weight is 412 g/mol. The highest BCUT2D eigenvalue weighted by atomic mass is 35.5. The molecule has 5 nitrogen and oxygen atoms in total. The maximum atomic E-state index is 12.9. The van der Waals surface area contributed by atoms with Crippen molar-refractivity contribution < 1.29 is 9.59 Å². The third-order valence-corrected chi connectivity index (χ3v) is 6.70. The van der Waals surface area contributed by atoms with E-state index in [4.69, 9.17) is 17.3 Å². The number of nitrogens with two attached hydrogens (primary N) is 1. The summed E-state index contributed by atoms with van der Waals surface area (Å²) in [6, 6.07) is 17.4. The Morgan fingerprint density at radius 1 is 0.966 bits per heavy atom. The minimum absolute atomic E-state index is 0.0152. The fourth-order valence-corrected chi connectivity index (χ4v) is 4.90. The lowest BCUT2D eigenvalue weighted by Crippen LogP contribution is -2.58. The number of halogens is 1. The molecule has 2 N–H and O–H groups in total. The molecule has 152 valence electrons. The second-order valence-corrected chi connectivity index (χ2v) is 8.50. The Bertz CT molecular complexity index is 894. The van der Waals surface area contributed by atoms with Gasteiger partial charge in [-0.25, -0.2) is 0 Å². The van der Waals surface area contributed by atoms with Crippen molar-refractivity contribution in [3.05, 3.63) is 65.2 Å². The molecule has 1 saturated heterocycles. The number of hydrogen-bond acceptors (Lipinski definition) is 3. The topological polar surface area (TPSA) is 66.6 Å². The van der Waals surface area contributed by atoms with Crippen LogP contribution in [0.3, 0.4) is 0 Å². The number of amides is 2. The molecule has 6 heteroatoms. The van der Waals surface area contributed by atoms with Gasteiger partial charge in [-0.2, -0.15) is 0 Å². The molecule has 1 aliphatic heterocycles. The lowest BCUT2D eigenvalue weighted by molar-refractivity contribution is -0.141. The Morgan fingerprint density at radius 2 is 1.69 bits per heavy atom. The predicted octanol–water partition coefficient (Wildman–Crippen LogP) is 3.35. The number of para-hydroxylation sites is 1. The molecule has 29 heavy (non-hydrogen) atoms. The normalized spacial score (nSPS) is 25.4. The number of benzene rings is 2. The van der Waals surface area contributed by atoms with Crippen LogP contribution >= 0.6 is 11.6 Å². The minimum atomic E-state index is -0.111. The SMILES string of the molecule is NCC1(c2cccc(Cl)c2)CCC(N2CC(=O)N(c3ccccc3)CC2=O)CC1. The molecule has 2 fully saturated rings. The van der Waals surface area contributed by atoms with E-state index in [2.05, 4.69) is 6.07 Å². The van der Waals surface area contributed by atoms with Gasteiger partial charge in [0.05, 0.1) is 0 Å². The molecule has 0 radical (unpaired) electrons. The first-order chi connectivity index (χ1) is 14.0. The van der Waals surface area contributed by atoms with Crippen molar-refractivity contribution in [3.8, 4) is 0 Å². The molecule has 1 aliphatic carbocycles. The van der Waals surface area contributed by atoms with E-state index >= 15 is 0 Å². The summed E-state index contributed by atoms with van der Waals surface area (Å²) in [5.74, 6) is -0.0113. The van der Waals surface area contributed by atoms with Crippen LogP contribution < -0.4 is 10.6 Å². The smallest absolute Gasteiger partial charge is 0.247 e. The first-order valence-corrected chi connectivity index (χ1v) is 10.5. The Labute approximate surface area is 176 Å². The second-order valence-electron chi connectivity index (χ2n) is 8.06. The second kappa shape index (κ2) is 8.17. The molecule has 2 aromatic rings. The molecule has 0 unspecified atom stereocenters. The summed E-state index contributed by atoms with van der Waals surface area (Å²) in [6.07, 6.45) is 3.45. The number of nitrogens with zero attached hydrogens (tertiary/aromatic N) is 2. The van der Waals surface area contributed by atoms with E-state index in [0.29, 0.717) is 6.54 Å². The maximum Gasteiger partial charge on any atom is 0.247 e. The number of piperazine rings is 1. The highest BCUT2D eigenvalue weighted by Crippen LogP contribution is 2.41. The third kappa shape index (κ3) is 3.89. The van der Waals surface area contributed by atoms with Crippen molar-refractivity contribution in [2.45, 2.75) is 37.1 Å². The third-order valence-electron chi connectivity index (χ3n) is 6.47. The van der Waals surface area contributed by atoms with E-state index in [9.17, 15) is 9.59 Å². The van der Waals surface area contributed by atoms with Crippen molar-refractivity contribution in [2.24, 2.45) is 5.73 Å². The summed E-state index contributed by atoms with van der Waals surface area (Å²) in [6.45, 7) is 0.801. The van der Waals surface area contributed by atoms with Crippen molar-refractivity contribution in [1.29, 1.82) is 0 Å². The molecular weight excluding hydrogens is 386 g/mol. The van der Waals surface area contributed by atoms with Crippen LogP contribution in [-0.2, 0) is 15.0 Å². The first-order valence-electron chi connectivity index (χ1n) is 10.1. The average Bonchev–Trinajstić information content (AvgIpc) is 2.76. The van der Waals surface area contributed by atoms with Gasteiger partial charge in [0.15, 0.2) is 0 Å². The van der Waals surface area contributed by atoms with Gasteiger partial charge in [-0.15, -0.1) is 0 Å². The van der Waals surface area contributed by atoms with Crippen LogP contribution in [0.25, 0.3) is 0 Å². The molecule has 0 aromatic heterocycles. The molecule has 0 spiro atoms. The number of carbonyl (C=O) groups is 2. The van der Waals surface area contributed by atoms with Gasteiger partial charge in [-0.05, 0) is 55.5 Å². The quantitative estimate of drug-likeness (QED) is 0.838. The Balaban J connectivity index is 1.45. The lowest BCUT2D eigenvalue weighted by atomic mass is 9.68. The number of rotatable bonds is 4. The molecule has 2 aromatic carbocycles. The first kappa shape index (κ1) is 19.9. The van der Waals surface area contributed by atoms with Crippen molar-refractivity contribution in [1.82, 2.24) is 4.90 Å². The van der Waals surface area contributed by atoms with Crippen LogP contribution in [0, 0.1) is 0 Å². The van der Waals surface area contributed by atoms with Gasteiger partial charge < -0.3 is 15.5 Å². The fraction of sp³-hybridized carbons (Fsp3) is 0.391. The van der Waals surface area contributed by atoms with Gasteiger partial charge in [-0.1, -0.05) is 41.9 Å². The fourth-order valence-electron chi connectivity index (χ4n) is 4.71. The minimum Gasteiger partial charge on any atom is -0.330 e. The van der Waals surface area contributed by atoms with E-state index in [1.807, 2.05) is 48.5 Å². The highest BCUT2D eigenvalue weighted by Gasteiger charge is 2.41. The predicted molar refractivity (Wildman–Crippen MR) is 115 cm³/mol. The van der Waals surface area contributed by atoms with Gasteiger partial charge >= 0.3 is 0 Å². The van der Waals surface area contributed by atoms with Crippen LogP contribution in [0.1, 0.15) is 31.2 Å². The summed E-state index contributed by atoms with van der Waals surface area (Å²) in [5, 5.41) is 0.718. The zero-order valence-corrected chi connectivity index (χ0v) is 17.1. The standard InChI is InChI=1S/C23H26ClN3O2/c24-18-6-4-5-17(13-18)23(16-25)11-9-20(10-12-23)27-15-21(28)26(14-22(27)29)19-7-2-1-3-8-19/h1-8,13,20H,9-12,14-16,25H2. The molecule has 0 atom stereocenters. The van der Waals surface area contributed by atoms with E-state index in [0.717, 1.165) is 36.4 Å². The summed E-state index contributed by atoms with van der Waals surface area (Å²) in [5.41, 5.74) is 8.02. The van der Waals surface area contributed by atoms with Gasteiger partial charge in [-0.3, -0.25) is 9.59 Å². The van der Waals surface area contributed by atoms with Crippen LogP contribution in [0.5, 0.6) is 0 Å². The summed E-state index contributed by atoms with van der Waals surface area (Å²) in [7, 11) is 0. The van der Waals surface area contributed by atoms with E-state index in [1.165, 1.54) is 5.56 Å². The molecule has 2 aliphatic rings. The van der Waals surface area contributed by atoms with E-state index < -0.39 is 0 Å². The highest BCUT2D eigenvalue weighted by molar-refractivity contribution is 6.30. The Kier molecular flexibility index (Phi) is 5.61. The molecule has 1 heterocycles. The Morgan fingerprint density at radius 3 is 2.34 bits per heavy atom. The van der Waals surface area contributed by atoms with Gasteiger partial charge in [0.25, 0.3) is 0 Å². The molecular formula is C23H26ClN3O2. The molecule has 0 bridgehead atoms. The summed E-state index contributed by atoms with van der Waals surface area (Å²) < 4.78 is 0. The molecule has 4 rings (SSSR count). The zero-order valence-electron chi connectivity index (χ0n) is 16.4. The van der Waals surface area contributed by atoms with E-state index in [-0.39, 0.29) is 36.4 Å². The van der Waals surface area contributed by atoms with E-state index in [1.54, 1.807) is 9.80 Å². The molecule has 2 amide bonds. The van der Waals surface area contributed by atoms with Crippen LogP contribution in [0.15, 0.2) is 54.6 Å². The number of carbonyl (C=O) groups excluding carboxylic acids is 2. The number of anilines is 1. The van der Waals surface area contributed by atoms with Gasteiger partial charge in [0, 0.05) is 28.7 Å². The van der Waals surface area contributed by atoms with Gasteiger partial charge in [0.2, 0.25) is 11.8 Å². The maximum absolute atomic E-state index is 12.9. The van der Waals surface area contributed by atoms with Crippen LogP contribution in [0.2, 0.25) is 5.02 Å². The van der Waals surface area contributed by atoms with Crippen LogP contribution in [0.4, 0.5) is 5.69 Å². The van der Waals surface area contributed by atoms with Crippen molar-refractivity contribution in [2.75, 3.05) is 24.5 Å². The van der Waals surface area contributed by atoms with Crippen molar-refractivity contribution >= 4 is 29.1 Å². The monoisotopic (exact) mass is 411 g/mol. The number of hydrogen-bond donors (Lipinski definition) is 1. The zero-order chi connectivity index (χ0) is 20.4. The molecule has 1 saturated carbocycles. The largest absolute Gasteiger partial charge is 0.330 e. The summed E-state index contributed by atoms with van der Waals surface area (Å²) in [4.78, 5) is 29.0. The summed E-state index contributed by atoms with van der Waals surface area (Å²) >= 11 is 6.20. The van der Waals surface area contributed by atoms with Crippen molar-refractivity contribution in [3.63, 3.8) is 0 Å². The lowest BCUT2D eigenvalue weighted by Gasteiger charge is -2.45. The van der Waals surface area contributed by atoms with Gasteiger partial charge in [0.1, 0.15) is 13.1 Å².